The van der Waals surface area contributed by atoms with E-state index in [0.717, 1.165) is 34.0 Å². The van der Waals surface area contributed by atoms with Gasteiger partial charge in [-0.2, -0.15) is 4.99 Å². The van der Waals surface area contributed by atoms with Crippen LogP contribution in [0.2, 0.25) is 5.02 Å². The molecule has 0 aliphatic carbocycles. The maximum Gasteiger partial charge on any atom is 0.280 e. The van der Waals surface area contributed by atoms with Crippen LogP contribution in [0.25, 0.3) is 10.2 Å². The van der Waals surface area contributed by atoms with E-state index in [1.807, 2.05) is 13.0 Å². The minimum Gasteiger partial charge on any atom is -0.319 e. The van der Waals surface area contributed by atoms with E-state index in [0.29, 0.717) is 9.82 Å². The lowest BCUT2D eigenvalue weighted by molar-refractivity contribution is -0.394. The Morgan fingerprint density at radius 3 is 2.26 bits per heavy atom. The van der Waals surface area contributed by atoms with E-state index in [4.69, 9.17) is 11.6 Å². The molecule has 0 spiro atoms. The van der Waals surface area contributed by atoms with Gasteiger partial charge in [0.15, 0.2) is 4.80 Å². The number of fused-ring (bicyclic) bond motifs is 1. The summed E-state index contributed by atoms with van der Waals surface area (Å²) in [5.74, 6) is -0.822. The molecule has 0 saturated heterocycles. The molecule has 0 radical (unpaired) electrons. The molecular weight excluding hydrogens is 396 g/mol. The van der Waals surface area contributed by atoms with Crippen LogP contribution in [-0.4, -0.2) is 20.3 Å². The average Bonchev–Trinajstić information content (AvgIpc) is 2.95. The van der Waals surface area contributed by atoms with Crippen molar-refractivity contribution in [1.29, 1.82) is 0 Å². The summed E-state index contributed by atoms with van der Waals surface area (Å²) in [7, 11) is 1.71. The van der Waals surface area contributed by atoms with Crippen LogP contribution in [0.1, 0.15) is 15.9 Å². The zero-order valence-corrected chi connectivity index (χ0v) is 15.6. The Kier molecular flexibility index (Phi) is 4.77. The lowest BCUT2D eigenvalue weighted by Gasteiger charge is -2.01. The van der Waals surface area contributed by atoms with Crippen molar-refractivity contribution in [2.24, 2.45) is 12.0 Å². The molecule has 0 N–H and O–H groups in total. The van der Waals surface area contributed by atoms with Gasteiger partial charge in [-0.05, 0) is 18.6 Å². The van der Waals surface area contributed by atoms with E-state index in [1.54, 1.807) is 17.7 Å². The number of rotatable bonds is 3. The second-order valence-electron chi connectivity index (χ2n) is 5.65. The summed E-state index contributed by atoms with van der Waals surface area (Å²) in [6.07, 6.45) is 0. The molecule has 3 aromatic rings. The molecule has 0 fully saturated rings. The van der Waals surface area contributed by atoms with Gasteiger partial charge in [0, 0.05) is 19.2 Å². The third kappa shape index (κ3) is 3.44. The Hall–Kier alpha value is -3.11. The van der Waals surface area contributed by atoms with E-state index < -0.39 is 27.1 Å². The number of hydrogen-bond acceptors (Lipinski definition) is 6. The first kappa shape index (κ1) is 18.7. The fourth-order valence-corrected chi connectivity index (χ4v) is 3.96. The number of halogens is 1. The largest absolute Gasteiger partial charge is 0.319 e. The molecule has 138 valence electrons. The van der Waals surface area contributed by atoms with Crippen molar-refractivity contribution in [3.05, 3.63) is 71.5 Å². The fraction of sp³-hybridized carbons (Fsp3) is 0.125. The molecule has 11 heteroatoms. The molecule has 0 bridgehead atoms. The molecule has 27 heavy (non-hydrogen) atoms. The van der Waals surface area contributed by atoms with Gasteiger partial charge in [0.05, 0.1) is 36.7 Å². The van der Waals surface area contributed by atoms with Crippen LogP contribution in [0.5, 0.6) is 0 Å². The predicted molar refractivity (Wildman–Crippen MR) is 100 cm³/mol. The van der Waals surface area contributed by atoms with Gasteiger partial charge in [-0.15, -0.1) is 0 Å². The topological polar surface area (TPSA) is 121 Å². The highest BCUT2D eigenvalue weighted by Gasteiger charge is 2.20. The molecule has 2 aromatic carbocycles. The SMILES string of the molecule is Cc1ccc(Cl)c2sc(=NC(=O)c3cc([N+](=O)[O-])cc([N+](=O)[O-])c3)n(C)c12. The quantitative estimate of drug-likeness (QED) is 0.484. The molecule has 0 saturated carbocycles. The van der Waals surface area contributed by atoms with Gasteiger partial charge in [0.2, 0.25) is 0 Å². The zero-order chi connectivity index (χ0) is 19.9. The van der Waals surface area contributed by atoms with Gasteiger partial charge in [-0.25, -0.2) is 0 Å². The highest BCUT2D eigenvalue weighted by molar-refractivity contribution is 7.17. The molecule has 0 aliphatic rings. The highest BCUT2D eigenvalue weighted by atomic mass is 35.5. The first-order valence-corrected chi connectivity index (χ1v) is 8.66. The van der Waals surface area contributed by atoms with Crippen LogP contribution in [0, 0.1) is 27.2 Å². The summed E-state index contributed by atoms with van der Waals surface area (Å²) < 4.78 is 2.43. The van der Waals surface area contributed by atoms with Gasteiger partial charge in [-0.3, -0.25) is 25.0 Å². The molecule has 1 aromatic heterocycles. The third-order valence-electron chi connectivity index (χ3n) is 3.87. The van der Waals surface area contributed by atoms with E-state index in [1.165, 1.54) is 11.3 Å². The number of thiazole rings is 1. The van der Waals surface area contributed by atoms with Crippen molar-refractivity contribution in [1.82, 2.24) is 4.57 Å². The van der Waals surface area contributed by atoms with Crippen LogP contribution in [0.3, 0.4) is 0 Å². The number of non-ortho nitro benzene ring substituents is 2. The van der Waals surface area contributed by atoms with Crippen molar-refractivity contribution in [3.8, 4) is 0 Å². The van der Waals surface area contributed by atoms with Crippen molar-refractivity contribution in [2.45, 2.75) is 6.92 Å². The monoisotopic (exact) mass is 406 g/mol. The van der Waals surface area contributed by atoms with Gasteiger partial charge >= 0.3 is 0 Å². The van der Waals surface area contributed by atoms with Crippen molar-refractivity contribution in [2.75, 3.05) is 0 Å². The molecule has 0 aliphatic heterocycles. The summed E-state index contributed by atoms with van der Waals surface area (Å²) in [6, 6.07) is 6.30. The number of nitro benzene ring substituents is 2. The number of carbonyl (C=O) groups excluding carboxylic acids is 1. The van der Waals surface area contributed by atoms with Crippen LogP contribution >= 0.6 is 22.9 Å². The van der Waals surface area contributed by atoms with Gasteiger partial charge < -0.3 is 4.57 Å². The molecule has 3 rings (SSSR count). The van der Waals surface area contributed by atoms with Crippen LogP contribution < -0.4 is 4.80 Å². The number of nitrogens with zero attached hydrogens (tertiary/aromatic N) is 4. The van der Waals surface area contributed by atoms with Crippen LogP contribution in [0.15, 0.2) is 35.3 Å². The molecule has 0 atom stereocenters. The lowest BCUT2D eigenvalue weighted by Crippen LogP contribution is -2.14. The molecule has 0 unspecified atom stereocenters. The summed E-state index contributed by atoms with van der Waals surface area (Å²) in [4.78, 5) is 37.2. The predicted octanol–water partition coefficient (Wildman–Crippen LogP) is 3.76. The second kappa shape index (κ2) is 6.89. The fourth-order valence-electron chi connectivity index (χ4n) is 2.59. The normalized spacial score (nSPS) is 11.7. The van der Waals surface area contributed by atoms with Crippen LogP contribution in [0.4, 0.5) is 11.4 Å². The Labute approximate surface area is 160 Å². The smallest absolute Gasteiger partial charge is 0.280 e. The van der Waals surface area contributed by atoms with E-state index in [2.05, 4.69) is 4.99 Å². The molecular formula is C16H11ClN4O5S. The van der Waals surface area contributed by atoms with E-state index in [-0.39, 0.29) is 5.56 Å². The summed E-state index contributed by atoms with van der Waals surface area (Å²) in [5.41, 5.74) is 0.401. The highest BCUT2D eigenvalue weighted by Crippen LogP contribution is 2.28. The minimum atomic E-state index is -0.822. The number of nitro groups is 2. The Morgan fingerprint density at radius 2 is 1.74 bits per heavy atom. The number of aromatic nitrogens is 1. The van der Waals surface area contributed by atoms with E-state index in [9.17, 15) is 25.0 Å². The summed E-state index contributed by atoms with van der Waals surface area (Å²) >= 11 is 7.38. The Bertz CT molecular complexity index is 1170. The third-order valence-corrected chi connectivity index (χ3v) is 5.46. The molecule has 1 amide bonds. The number of hydrogen-bond donors (Lipinski definition) is 0. The van der Waals surface area contributed by atoms with Crippen molar-refractivity contribution < 1.29 is 14.6 Å². The number of amides is 1. The minimum absolute atomic E-state index is 0.240. The van der Waals surface area contributed by atoms with Crippen molar-refractivity contribution in [3.63, 3.8) is 0 Å². The maximum absolute atomic E-state index is 12.5. The maximum atomic E-state index is 12.5. The number of aryl methyl sites for hydroxylation is 2. The standard InChI is InChI=1S/C16H11ClN4O5S/c1-8-3-4-12(17)14-13(8)19(2)16(27-14)18-15(22)9-5-10(20(23)24)7-11(6-9)21(25)26/h3-7H,1-2H3. The van der Waals surface area contributed by atoms with Crippen molar-refractivity contribution >= 4 is 50.4 Å². The Balaban J connectivity index is 2.18. The molecule has 9 nitrogen and oxygen atoms in total. The van der Waals surface area contributed by atoms with Gasteiger partial charge in [0.1, 0.15) is 0 Å². The van der Waals surface area contributed by atoms with E-state index >= 15 is 0 Å². The average molecular weight is 407 g/mol. The van der Waals surface area contributed by atoms with Gasteiger partial charge in [0.25, 0.3) is 17.3 Å². The zero-order valence-electron chi connectivity index (χ0n) is 14.0. The number of benzene rings is 2. The first-order chi connectivity index (χ1) is 12.7. The van der Waals surface area contributed by atoms with Gasteiger partial charge in [-0.1, -0.05) is 29.0 Å². The first-order valence-electron chi connectivity index (χ1n) is 7.46. The summed E-state index contributed by atoms with van der Waals surface area (Å²) in [5, 5.41) is 22.5. The molecule has 1 heterocycles. The van der Waals surface area contributed by atoms with Crippen LogP contribution in [-0.2, 0) is 7.05 Å². The Morgan fingerprint density at radius 1 is 1.15 bits per heavy atom. The number of carbonyl (C=O) groups is 1. The lowest BCUT2D eigenvalue weighted by atomic mass is 10.1. The summed E-state index contributed by atoms with van der Waals surface area (Å²) in [6.45, 7) is 1.89. The second-order valence-corrected chi connectivity index (χ2v) is 7.04.